The van der Waals surface area contributed by atoms with Crippen LogP contribution in [0.2, 0.25) is 0 Å². The predicted octanol–water partition coefficient (Wildman–Crippen LogP) is 9.63. The van der Waals surface area contributed by atoms with Gasteiger partial charge in [-0.05, 0) is 47.8 Å². The lowest BCUT2D eigenvalue weighted by atomic mass is 10.1. The molecule has 6 heteroatoms. The van der Waals surface area contributed by atoms with Gasteiger partial charge in [-0.1, -0.05) is 267 Å². The summed E-state index contributed by atoms with van der Waals surface area (Å²) in [7, 11) is -10.7. The van der Waals surface area contributed by atoms with E-state index in [4.69, 9.17) is 0 Å². The van der Waals surface area contributed by atoms with Crippen molar-refractivity contribution in [2.24, 2.45) is 0 Å². The van der Waals surface area contributed by atoms with Gasteiger partial charge in [0, 0.05) is 42.4 Å². The van der Waals surface area contributed by atoms with E-state index >= 15 is 9.13 Å². The van der Waals surface area contributed by atoms with Crippen molar-refractivity contribution in [1.82, 2.24) is 0 Å². The van der Waals surface area contributed by atoms with E-state index < -0.39 is 30.1 Å². The van der Waals surface area contributed by atoms with E-state index in [1.165, 1.54) is 10.6 Å². The summed E-state index contributed by atoms with van der Waals surface area (Å²) >= 11 is 0. The summed E-state index contributed by atoms with van der Waals surface area (Å²) in [6.07, 6.45) is 0. The van der Waals surface area contributed by atoms with Crippen LogP contribution in [-0.4, -0.2) is 0 Å². The zero-order valence-corrected chi connectivity index (χ0v) is 38.6. The molecule has 10 aromatic carbocycles. The lowest BCUT2D eigenvalue weighted by Crippen LogP contribution is -2.52. The highest BCUT2D eigenvalue weighted by atomic mass is 31.2. The van der Waals surface area contributed by atoms with Crippen molar-refractivity contribution < 1.29 is 9.13 Å². The molecule has 0 spiro atoms. The van der Waals surface area contributed by atoms with Gasteiger partial charge in [0.1, 0.15) is 0 Å². The first kappa shape index (κ1) is 41.8. The largest absolute Gasteiger partial charge is 0.309 e. The molecule has 0 radical (unpaired) electrons. The average Bonchev–Trinajstić information content (AvgIpc) is 3.38. The maximum Gasteiger partial charge on any atom is 0.172 e. The molecule has 0 saturated heterocycles. The Kier molecular flexibility index (Phi) is 12.1. The molecule has 0 amide bonds. The zero-order valence-electron chi connectivity index (χ0n) is 35.0. The maximum atomic E-state index is 18.1. The Hall–Kier alpha value is -6.22. The lowest BCUT2D eigenvalue weighted by molar-refractivity contribution is 0.590. The fraction of sp³-hybridized carbons (Fsp3) is 0. The molecule has 308 valence electrons. The fourth-order valence-electron chi connectivity index (χ4n) is 8.92. The van der Waals surface area contributed by atoms with Gasteiger partial charge in [0.05, 0.1) is 0 Å². The molecular formula is C58H44O2P4. The first-order chi connectivity index (χ1) is 31.6. The molecule has 0 unspecified atom stereocenters. The minimum atomic E-state index is -3.98. The van der Waals surface area contributed by atoms with Crippen molar-refractivity contribution in [2.75, 3.05) is 0 Å². The summed E-state index contributed by atoms with van der Waals surface area (Å²) in [6, 6.07) is 91.4. The summed E-state index contributed by atoms with van der Waals surface area (Å²) in [4.78, 5) is 0. The van der Waals surface area contributed by atoms with Gasteiger partial charge in [-0.2, -0.15) is 0 Å². The third kappa shape index (κ3) is 7.56. The molecule has 0 aliphatic heterocycles. The van der Waals surface area contributed by atoms with E-state index in [2.05, 4.69) is 146 Å². The van der Waals surface area contributed by atoms with Crippen molar-refractivity contribution >= 4 is 105 Å². The molecule has 0 N–H and O–H groups in total. The average molecular weight is 897 g/mol. The standard InChI is InChI=1S/C58H44O2P4/c59-63(49-35-17-5-18-36-49,50-37-19-6-20-38-50)57-54-44-26-25-43-53(54)55(61(45-27-9-1-10-28-45)46-29-11-2-12-30-46)56(62(47-31-13-3-14-32-47)48-33-15-4-16-34-48)58(57)64(60,51-39-21-7-22-40-51)52-41-23-8-24-42-52/h1-44H. The summed E-state index contributed by atoms with van der Waals surface area (Å²) < 4.78 is 35.8. The van der Waals surface area contributed by atoms with Gasteiger partial charge < -0.3 is 9.13 Å². The van der Waals surface area contributed by atoms with Crippen LogP contribution in [0.3, 0.4) is 0 Å². The summed E-state index contributed by atoms with van der Waals surface area (Å²) in [5.74, 6) is 0. The first-order valence-electron chi connectivity index (χ1n) is 21.4. The second-order valence-corrected chi connectivity index (χ2v) is 25.2. The SMILES string of the molecule is O=P(c1ccccc1)(c1ccccc1)c1c(P(c2ccccc2)c2ccccc2)c(P(c2ccccc2)c2ccccc2)c2ccccc2c1P(=O)(c1ccccc1)c1ccccc1. The number of rotatable bonds is 12. The summed E-state index contributed by atoms with van der Waals surface area (Å²) in [5.41, 5.74) is 0. The monoisotopic (exact) mass is 896 g/mol. The first-order valence-corrected chi connectivity index (χ1v) is 27.5. The van der Waals surface area contributed by atoms with Gasteiger partial charge in [-0.25, -0.2) is 0 Å². The van der Waals surface area contributed by atoms with Gasteiger partial charge in [0.15, 0.2) is 14.3 Å². The molecule has 0 saturated carbocycles. The van der Waals surface area contributed by atoms with E-state index in [0.717, 1.165) is 32.0 Å². The molecule has 0 heterocycles. The Morgan fingerprint density at radius 1 is 0.234 bits per heavy atom. The second kappa shape index (κ2) is 18.5. The highest BCUT2D eigenvalue weighted by molar-refractivity contribution is 7.94. The van der Waals surface area contributed by atoms with Crippen molar-refractivity contribution in [1.29, 1.82) is 0 Å². The van der Waals surface area contributed by atoms with Crippen LogP contribution < -0.4 is 63.7 Å². The number of hydrogen-bond acceptors (Lipinski definition) is 2. The smallest absolute Gasteiger partial charge is 0.172 e. The van der Waals surface area contributed by atoms with Crippen LogP contribution in [0.1, 0.15) is 0 Å². The van der Waals surface area contributed by atoms with Gasteiger partial charge >= 0.3 is 0 Å². The lowest BCUT2D eigenvalue weighted by Gasteiger charge is -2.37. The molecule has 0 fully saturated rings. The van der Waals surface area contributed by atoms with Gasteiger partial charge in [-0.15, -0.1) is 0 Å². The minimum Gasteiger partial charge on any atom is -0.309 e. The maximum absolute atomic E-state index is 18.1. The van der Waals surface area contributed by atoms with Crippen LogP contribution in [0, 0.1) is 0 Å². The van der Waals surface area contributed by atoms with Crippen molar-refractivity contribution in [3.8, 4) is 0 Å². The Balaban J connectivity index is 1.56. The zero-order chi connectivity index (χ0) is 43.4. The van der Waals surface area contributed by atoms with Crippen LogP contribution in [0.5, 0.6) is 0 Å². The number of fused-ring (bicyclic) bond motifs is 1. The normalized spacial score (nSPS) is 11.8. The van der Waals surface area contributed by atoms with E-state index in [1.807, 2.05) is 121 Å². The van der Waals surface area contributed by atoms with Crippen molar-refractivity contribution in [3.05, 3.63) is 267 Å². The Morgan fingerprint density at radius 2 is 0.469 bits per heavy atom. The fourth-order valence-corrected chi connectivity index (χ4v) is 22.0. The van der Waals surface area contributed by atoms with Gasteiger partial charge in [0.25, 0.3) is 0 Å². The van der Waals surface area contributed by atoms with E-state index in [1.54, 1.807) is 0 Å². The Labute approximate surface area is 378 Å². The highest BCUT2D eigenvalue weighted by Crippen LogP contribution is 2.53. The summed E-state index contributed by atoms with van der Waals surface area (Å²) in [5, 5.41) is 12.6. The van der Waals surface area contributed by atoms with Crippen LogP contribution in [0.15, 0.2) is 267 Å². The molecule has 10 rings (SSSR count). The quantitative estimate of drug-likeness (QED) is 0.115. The molecule has 0 bridgehead atoms. The Morgan fingerprint density at radius 3 is 0.781 bits per heavy atom. The van der Waals surface area contributed by atoms with Gasteiger partial charge in [0.2, 0.25) is 0 Å². The molecule has 0 aliphatic rings. The van der Waals surface area contributed by atoms with Crippen molar-refractivity contribution in [2.45, 2.75) is 0 Å². The Bertz CT molecular complexity index is 3080. The summed E-state index contributed by atoms with van der Waals surface area (Å²) in [6.45, 7) is 0. The van der Waals surface area contributed by atoms with E-state index in [0.29, 0.717) is 31.8 Å². The second-order valence-electron chi connectivity index (χ2n) is 15.5. The molecule has 0 atom stereocenters. The number of hydrogen-bond donors (Lipinski definition) is 0. The van der Waals surface area contributed by atoms with E-state index in [-0.39, 0.29) is 0 Å². The molecule has 2 nitrogen and oxygen atoms in total. The molecule has 10 aromatic rings. The topological polar surface area (TPSA) is 34.1 Å². The third-order valence-electron chi connectivity index (χ3n) is 11.7. The third-order valence-corrected chi connectivity index (χ3v) is 23.6. The molecule has 0 aromatic heterocycles. The number of benzene rings is 10. The molecular weight excluding hydrogens is 853 g/mol. The molecule has 64 heavy (non-hydrogen) atoms. The minimum absolute atomic E-state index is 0.630. The van der Waals surface area contributed by atoms with Crippen LogP contribution >= 0.6 is 30.1 Å². The van der Waals surface area contributed by atoms with Crippen LogP contribution in [0.4, 0.5) is 0 Å². The molecule has 0 aliphatic carbocycles. The highest BCUT2D eigenvalue weighted by Gasteiger charge is 2.46. The van der Waals surface area contributed by atoms with Crippen LogP contribution in [0.25, 0.3) is 10.8 Å². The predicted molar refractivity (Wildman–Crippen MR) is 280 cm³/mol. The van der Waals surface area contributed by atoms with E-state index in [9.17, 15) is 0 Å². The van der Waals surface area contributed by atoms with Crippen molar-refractivity contribution in [3.63, 3.8) is 0 Å². The van der Waals surface area contributed by atoms with Gasteiger partial charge in [-0.3, -0.25) is 0 Å². The van der Waals surface area contributed by atoms with Crippen LogP contribution in [-0.2, 0) is 9.13 Å².